The van der Waals surface area contributed by atoms with E-state index in [4.69, 9.17) is 0 Å². The van der Waals surface area contributed by atoms with Crippen molar-refractivity contribution in [3.8, 4) is 0 Å². The van der Waals surface area contributed by atoms with Crippen LogP contribution < -0.4 is 5.32 Å². The molecule has 0 unspecified atom stereocenters. The molecule has 27 heavy (non-hydrogen) atoms. The molecular weight excluding hydrogens is 336 g/mol. The number of hydrogen-bond donors (Lipinski definition) is 1. The predicted molar refractivity (Wildman–Crippen MR) is 107 cm³/mol. The molecule has 2 aliphatic rings. The Morgan fingerprint density at radius 2 is 1.96 bits per heavy atom. The molecule has 1 aliphatic heterocycles. The topological polar surface area (TPSA) is 50.2 Å². The summed E-state index contributed by atoms with van der Waals surface area (Å²) in [7, 11) is 1.97. The van der Waals surface area contributed by atoms with E-state index in [2.05, 4.69) is 27.4 Å². The number of rotatable bonds is 5. The average molecular weight is 367 g/mol. The molecule has 0 radical (unpaired) electrons. The zero-order valence-electron chi connectivity index (χ0n) is 16.3. The fraction of sp³-hybridized carbons (Fsp3) is 0.545. The molecule has 5 nitrogen and oxygen atoms in total. The van der Waals surface area contributed by atoms with E-state index in [9.17, 15) is 4.79 Å². The smallest absolute Gasteiger partial charge is 0.272 e. The molecule has 0 saturated carbocycles. The first kappa shape index (κ1) is 18.2. The third-order valence-electron chi connectivity index (χ3n) is 6.09. The number of nitrogens with zero attached hydrogens (tertiary/aromatic N) is 3. The Bertz CT molecular complexity index is 777. The first-order valence-electron chi connectivity index (χ1n) is 10.3. The first-order valence-corrected chi connectivity index (χ1v) is 10.3. The Morgan fingerprint density at radius 1 is 1.19 bits per heavy atom. The highest BCUT2D eigenvalue weighted by Crippen LogP contribution is 2.28. The van der Waals surface area contributed by atoms with Crippen molar-refractivity contribution in [1.29, 1.82) is 0 Å². The van der Waals surface area contributed by atoms with Crippen LogP contribution in [0, 0.1) is 0 Å². The number of carbonyl (C=O) groups excluding carboxylic acids is 1. The summed E-state index contributed by atoms with van der Waals surface area (Å²) in [5, 5.41) is 7.66. The van der Waals surface area contributed by atoms with Gasteiger partial charge in [0, 0.05) is 30.9 Å². The van der Waals surface area contributed by atoms with Gasteiger partial charge in [-0.1, -0.05) is 36.8 Å². The highest BCUT2D eigenvalue weighted by Gasteiger charge is 2.31. The molecule has 144 valence electrons. The minimum absolute atomic E-state index is 0.0259. The molecule has 2 heterocycles. The van der Waals surface area contributed by atoms with Crippen LogP contribution in [-0.2, 0) is 26.3 Å². The molecule has 1 N–H and O–H groups in total. The molecule has 0 spiro atoms. The number of amides is 1. The van der Waals surface area contributed by atoms with Crippen molar-refractivity contribution in [2.75, 3.05) is 19.6 Å². The Morgan fingerprint density at radius 3 is 2.74 bits per heavy atom. The summed E-state index contributed by atoms with van der Waals surface area (Å²) >= 11 is 0. The fourth-order valence-corrected chi connectivity index (χ4v) is 4.60. The van der Waals surface area contributed by atoms with Crippen LogP contribution in [0.2, 0.25) is 0 Å². The lowest BCUT2D eigenvalue weighted by molar-refractivity contribution is 0.0946. The van der Waals surface area contributed by atoms with Crippen LogP contribution in [0.3, 0.4) is 0 Å². The fourth-order valence-electron chi connectivity index (χ4n) is 4.60. The van der Waals surface area contributed by atoms with Gasteiger partial charge in [-0.05, 0) is 57.2 Å². The van der Waals surface area contributed by atoms with Gasteiger partial charge < -0.3 is 10.2 Å². The van der Waals surface area contributed by atoms with Crippen LogP contribution in [-0.4, -0.2) is 46.3 Å². The molecule has 1 aromatic heterocycles. The van der Waals surface area contributed by atoms with Crippen LogP contribution in [0.5, 0.6) is 0 Å². The normalized spacial score (nSPS) is 20.3. The largest absolute Gasteiger partial charge is 0.350 e. The SMILES string of the molecule is Cn1nc(C(=O)NCCc2ccccc2)c2c1CC[C@@H](N1CCCCC1)C2. The lowest BCUT2D eigenvalue weighted by Gasteiger charge is -2.36. The second kappa shape index (κ2) is 8.26. The lowest BCUT2D eigenvalue weighted by Crippen LogP contribution is -2.42. The van der Waals surface area contributed by atoms with Crippen molar-refractivity contribution in [3.63, 3.8) is 0 Å². The van der Waals surface area contributed by atoms with E-state index >= 15 is 0 Å². The number of hydrogen-bond acceptors (Lipinski definition) is 3. The summed E-state index contributed by atoms with van der Waals surface area (Å²) in [5.74, 6) is -0.0259. The summed E-state index contributed by atoms with van der Waals surface area (Å²) in [6.07, 6.45) is 7.99. The third-order valence-corrected chi connectivity index (χ3v) is 6.09. The van der Waals surface area contributed by atoms with Gasteiger partial charge >= 0.3 is 0 Å². The zero-order valence-corrected chi connectivity index (χ0v) is 16.3. The molecule has 1 atom stereocenters. The minimum Gasteiger partial charge on any atom is -0.350 e. The van der Waals surface area contributed by atoms with Crippen molar-refractivity contribution < 1.29 is 4.79 Å². The Labute approximate surface area is 161 Å². The summed E-state index contributed by atoms with van der Waals surface area (Å²) in [6, 6.07) is 10.8. The van der Waals surface area contributed by atoms with Gasteiger partial charge in [0.25, 0.3) is 5.91 Å². The molecule has 2 aromatic rings. The Hall–Kier alpha value is -2.14. The van der Waals surface area contributed by atoms with Gasteiger partial charge in [-0.2, -0.15) is 5.10 Å². The van der Waals surface area contributed by atoms with E-state index < -0.39 is 0 Å². The van der Waals surface area contributed by atoms with Gasteiger partial charge in [-0.25, -0.2) is 0 Å². The molecular formula is C22H30N4O. The van der Waals surface area contributed by atoms with E-state index in [0.29, 0.717) is 18.3 Å². The average Bonchev–Trinajstić information content (AvgIpc) is 3.05. The summed E-state index contributed by atoms with van der Waals surface area (Å²) < 4.78 is 1.92. The maximum Gasteiger partial charge on any atom is 0.272 e. The van der Waals surface area contributed by atoms with Crippen LogP contribution >= 0.6 is 0 Å². The monoisotopic (exact) mass is 366 g/mol. The summed E-state index contributed by atoms with van der Waals surface area (Å²) in [4.78, 5) is 15.4. The third kappa shape index (κ3) is 4.08. The molecule has 1 amide bonds. The van der Waals surface area contributed by atoms with Gasteiger partial charge in [0.05, 0.1) is 0 Å². The first-order chi connectivity index (χ1) is 13.2. The number of likely N-dealkylation sites (tertiary alicyclic amines) is 1. The lowest BCUT2D eigenvalue weighted by atomic mass is 9.89. The minimum atomic E-state index is -0.0259. The predicted octanol–water partition coefficient (Wildman–Crippen LogP) is 2.74. The van der Waals surface area contributed by atoms with E-state index in [1.807, 2.05) is 29.9 Å². The summed E-state index contributed by atoms with van der Waals surface area (Å²) in [6.45, 7) is 3.06. The van der Waals surface area contributed by atoms with E-state index in [0.717, 1.165) is 19.3 Å². The summed E-state index contributed by atoms with van der Waals surface area (Å²) in [5.41, 5.74) is 4.31. The quantitative estimate of drug-likeness (QED) is 0.885. The van der Waals surface area contributed by atoms with Gasteiger partial charge in [0.1, 0.15) is 0 Å². The van der Waals surface area contributed by atoms with E-state index in [-0.39, 0.29) is 5.91 Å². The number of fused-ring (bicyclic) bond motifs is 1. The molecule has 1 fully saturated rings. The van der Waals surface area contributed by atoms with Crippen molar-refractivity contribution in [3.05, 3.63) is 52.8 Å². The maximum absolute atomic E-state index is 12.8. The van der Waals surface area contributed by atoms with Crippen LogP contribution in [0.4, 0.5) is 0 Å². The van der Waals surface area contributed by atoms with Crippen molar-refractivity contribution in [1.82, 2.24) is 20.0 Å². The Balaban J connectivity index is 1.42. The molecule has 0 bridgehead atoms. The van der Waals surface area contributed by atoms with Crippen LogP contribution in [0.1, 0.15) is 53.0 Å². The Kier molecular flexibility index (Phi) is 5.58. The van der Waals surface area contributed by atoms with Gasteiger partial charge in [-0.3, -0.25) is 9.48 Å². The molecule has 4 rings (SSSR count). The van der Waals surface area contributed by atoms with Gasteiger partial charge in [-0.15, -0.1) is 0 Å². The number of aromatic nitrogens is 2. The van der Waals surface area contributed by atoms with Gasteiger partial charge in [0.15, 0.2) is 5.69 Å². The maximum atomic E-state index is 12.8. The van der Waals surface area contributed by atoms with Crippen molar-refractivity contribution in [2.45, 2.75) is 51.0 Å². The number of piperidine rings is 1. The van der Waals surface area contributed by atoms with E-state index in [1.165, 1.54) is 55.6 Å². The molecule has 1 aromatic carbocycles. The molecule has 5 heteroatoms. The zero-order chi connectivity index (χ0) is 18.6. The standard InChI is InChI=1S/C22H30N4O/c1-25-20-11-10-18(26-14-6-3-7-15-26)16-19(20)21(24-25)22(27)23-13-12-17-8-4-2-5-9-17/h2,4-5,8-9,18H,3,6-7,10-16H2,1H3,(H,23,27)/t18-/m1/s1. The van der Waals surface area contributed by atoms with E-state index in [1.54, 1.807) is 0 Å². The van der Waals surface area contributed by atoms with Crippen LogP contribution in [0.25, 0.3) is 0 Å². The second-order valence-corrected chi connectivity index (χ2v) is 7.88. The van der Waals surface area contributed by atoms with Gasteiger partial charge in [0.2, 0.25) is 0 Å². The van der Waals surface area contributed by atoms with Crippen molar-refractivity contribution >= 4 is 5.91 Å². The molecule has 1 saturated heterocycles. The number of aryl methyl sites for hydroxylation is 1. The molecule has 1 aliphatic carbocycles. The number of carbonyl (C=O) groups is 1. The number of benzene rings is 1. The number of nitrogens with one attached hydrogen (secondary N) is 1. The second-order valence-electron chi connectivity index (χ2n) is 7.88. The highest BCUT2D eigenvalue weighted by molar-refractivity contribution is 5.94. The van der Waals surface area contributed by atoms with Crippen molar-refractivity contribution in [2.24, 2.45) is 7.05 Å². The highest BCUT2D eigenvalue weighted by atomic mass is 16.1. The van der Waals surface area contributed by atoms with Crippen LogP contribution in [0.15, 0.2) is 30.3 Å².